The molecule has 0 radical (unpaired) electrons. The van der Waals surface area contributed by atoms with E-state index in [9.17, 15) is 14.4 Å². The SMILES string of the molecule is COC(=O)c1ccc(NC/C=N\C(=O)OC(C)(C)CNC(=O)OC(C)(C)C)cc1. The molecule has 160 valence electrons. The quantitative estimate of drug-likeness (QED) is 0.404. The van der Waals surface area contributed by atoms with E-state index in [2.05, 4.69) is 20.4 Å². The first kappa shape index (κ1) is 23.9. The van der Waals surface area contributed by atoms with E-state index < -0.39 is 29.4 Å². The molecule has 0 saturated carbocycles. The van der Waals surface area contributed by atoms with Gasteiger partial charge in [-0.15, -0.1) is 0 Å². The zero-order valence-electron chi connectivity index (χ0n) is 17.7. The summed E-state index contributed by atoms with van der Waals surface area (Å²) in [7, 11) is 1.32. The highest BCUT2D eigenvalue weighted by Gasteiger charge is 2.25. The monoisotopic (exact) mass is 407 g/mol. The van der Waals surface area contributed by atoms with Gasteiger partial charge < -0.3 is 24.8 Å². The van der Waals surface area contributed by atoms with Crippen molar-refractivity contribution in [1.29, 1.82) is 0 Å². The van der Waals surface area contributed by atoms with Gasteiger partial charge in [0.05, 0.1) is 25.8 Å². The highest BCUT2D eigenvalue weighted by Crippen LogP contribution is 2.12. The number of methoxy groups -OCH3 is 1. The molecular formula is C20H29N3O6. The van der Waals surface area contributed by atoms with Crippen LogP contribution in [0.3, 0.4) is 0 Å². The van der Waals surface area contributed by atoms with E-state index >= 15 is 0 Å². The fourth-order valence-electron chi connectivity index (χ4n) is 2.02. The number of ether oxygens (including phenoxy) is 3. The van der Waals surface area contributed by atoms with Crippen LogP contribution in [0.4, 0.5) is 15.3 Å². The normalized spacial score (nSPS) is 11.7. The van der Waals surface area contributed by atoms with Crippen molar-refractivity contribution in [1.82, 2.24) is 5.32 Å². The molecule has 29 heavy (non-hydrogen) atoms. The fraction of sp³-hybridized carbons (Fsp3) is 0.500. The fourth-order valence-corrected chi connectivity index (χ4v) is 2.02. The molecule has 0 aliphatic heterocycles. The predicted molar refractivity (Wildman–Crippen MR) is 110 cm³/mol. The minimum Gasteiger partial charge on any atom is -0.465 e. The lowest BCUT2D eigenvalue weighted by molar-refractivity contribution is 0.0293. The lowest BCUT2D eigenvalue weighted by atomic mass is 10.1. The minimum absolute atomic E-state index is 0.0773. The number of alkyl carbamates (subject to hydrolysis) is 1. The number of nitrogens with zero attached hydrogens (tertiary/aromatic N) is 1. The number of esters is 1. The van der Waals surface area contributed by atoms with Crippen molar-refractivity contribution in [3.8, 4) is 0 Å². The van der Waals surface area contributed by atoms with E-state index in [4.69, 9.17) is 9.47 Å². The summed E-state index contributed by atoms with van der Waals surface area (Å²) in [6.45, 7) is 8.94. The number of hydrogen-bond donors (Lipinski definition) is 2. The number of benzene rings is 1. The van der Waals surface area contributed by atoms with E-state index in [1.165, 1.54) is 13.3 Å². The van der Waals surface area contributed by atoms with Crippen molar-refractivity contribution >= 4 is 30.1 Å². The second-order valence-corrected chi connectivity index (χ2v) is 7.74. The van der Waals surface area contributed by atoms with Crippen LogP contribution in [0.15, 0.2) is 29.3 Å². The van der Waals surface area contributed by atoms with Crippen LogP contribution in [-0.2, 0) is 14.2 Å². The zero-order valence-corrected chi connectivity index (χ0v) is 17.7. The number of amides is 2. The lowest BCUT2D eigenvalue weighted by Gasteiger charge is -2.25. The second-order valence-electron chi connectivity index (χ2n) is 7.74. The van der Waals surface area contributed by atoms with Gasteiger partial charge in [0.15, 0.2) is 0 Å². The van der Waals surface area contributed by atoms with Crippen LogP contribution in [0.5, 0.6) is 0 Å². The van der Waals surface area contributed by atoms with Gasteiger partial charge in [-0.25, -0.2) is 14.4 Å². The molecule has 0 bridgehead atoms. The Morgan fingerprint density at radius 1 is 1.03 bits per heavy atom. The molecule has 0 unspecified atom stereocenters. The van der Waals surface area contributed by atoms with Crippen molar-refractivity contribution in [2.75, 3.05) is 25.5 Å². The van der Waals surface area contributed by atoms with Gasteiger partial charge in [-0.2, -0.15) is 4.99 Å². The van der Waals surface area contributed by atoms with Gasteiger partial charge in [0.1, 0.15) is 11.2 Å². The minimum atomic E-state index is -0.956. The van der Waals surface area contributed by atoms with Crippen LogP contribution in [0.25, 0.3) is 0 Å². The van der Waals surface area contributed by atoms with Gasteiger partial charge in [0, 0.05) is 11.9 Å². The number of carbonyl (C=O) groups is 3. The van der Waals surface area contributed by atoms with Crippen molar-refractivity contribution < 1.29 is 28.6 Å². The third-order valence-electron chi connectivity index (χ3n) is 3.32. The van der Waals surface area contributed by atoms with Crippen LogP contribution in [0.2, 0.25) is 0 Å². The highest BCUT2D eigenvalue weighted by atomic mass is 16.6. The smallest absolute Gasteiger partial charge is 0.433 e. The summed E-state index contributed by atoms with van der Waals surface area (Å²) in [6.07, 6.45) is 0.00450. The van der Waals surface area contributed by atoms with Crippen LogP contribution < -0.4 is 10.6 Å². The summed E-state index contributed by atoms with van der Waals surface area (Å²) < 4.78 is 15.0. The summed E-state index contributed by atoms with van der Waals surface area (Å²) in [5.41, 5.74) is -0.374. The molecule has 9 heteroatoms. The maximum absolute atomic E-state index is 11.9. The molecule has 1 aromatic carbocycles. The van der Waals surface area contributed by atoms with E-state index in [-0.39, 0.29) is 13.1 Å². The van der Waals surface area contributed by atoms with Gasteiger partial charge in [0.2, 0.25) is 0 Å². The Balaban J connectivity index is 2.39. The van der Waals surface area contributed by atoms with Crippen LogP contribution in [0, 0.1) is 0 Å². The first-order valence-corrected chi connectivity index (χ1v) is 9.06. The van der Waals surface area contributed by atoms with Crippen LogP contribution in [-0.4, -0.2) is 55.8 Å². The van der Waals surface area contributed by atoms with Gasteiger partial charge in [-0.1, -0.05) is 0 Å². The Labute approximate surface area is 170 Å². The van der Waals surface area contributed by atoms with Gasteiger partial charge >= 0.3 is 18.2 Å². The molecule has 0 fully saturated rings. The molecule has 0 aromatic heterocycles. The van der Waals surface area contributed by atoms with Crippen LogP contribution in [0.1, 0.15) is 45.0 Å². The molecule has 1 aromatic rings. The Morgan fingerprint density at radius 3 is 2.21 bits per heavy atom. The number of aliphatic imine (C=N–C) groups is 1. The number of carbonyl (C=O) groups excluding carboxylic acids is 3. The van der Waals surface area contributed by atoms with Crippen molar-refractivity contribution in [3.63, 3.8) is 0 Å². The summed E-state index contributed by atoms with van der Waals surface area (Å²) in [4.78, 5) is 38.6. The average Bonchev–Trinajstić information content (AvgIpc) is 2.62. The molecule has 1 rings (SSSR count). The number of hydrogen-bond acceptors (Lipinski definition) is 7. The Bertz CT molecular complexity index is 736. The highest BCUT2D eigenvalue weighted by molar-refractivity contribution is 5.89. The topological polar surface area (TPSA) is 115 Å². The lowest BCUT2D eigenvalue weighted by Crippen LogP contribution is -2.43. The summed E-state index contributed by atoms with van der Waals surface area (Å²) in [5.74, 6) is -0.412. The first-order chi connectivity index (χ1) is 13.4. The summed E-state index contributed by atoms with van der Waals surface area (Å²) in [5, 5.41) is 5.58. The molecule has 0 aliphatic rings. The van der Waals surface area contributed by atoms with E-state index in [1.54, 1.807) is 58.9 Å². The standard InChI is InChI=1S/C20H29N3O6/c1-19(2,3)28-18(26)23-13-20(4,5)29-17(25)22-12-11-21-15-9-7-14(8-10-15)16(24)27-6/h7-10,12,21H,11,13H2,1-6H3,(H,23,26)/b22-12-. The summed E-state index contributed by atoms with van der Waals surface area (Å²) >= 11 is 0. The molecule has 0 aliphatic carbocycles. The van der Waals surface area contributed by atoms with E-state index in [0.717, 1.165) is 5.69 Å². The molecule has 2 amide bonds. The largest absolute Gasteiger partial charge is 0.465 e. The van der Waals surface area contributed by atoms with E-state index in [1.807, 2.05) is 0 Å². The summed E-state index contributed by atoms with van der Waals surface area (Å²) in [6, 6.07) is 6.67. The zero-order chi connectivity index (χ0) is 22.1. The molecule has 0 atom stereocenters. The third-order valence-corrected chi connectivity index (χ3v) is 3.32. The first-order valence-electron chi connectivity index (χ1n) is 9.06. The predicted octanol–water partition coefficient (Wildman–Crippen LogP) is 3.40. The second kappa shape index (κ2) is 10.4. The number of rotatable bonds is 7. The molecule has 2 N–H and O–H groups in total. The Hall–Kier alpha value is -3.10. The number of nitrogens with one attached hydrogen (secondary N) is 2. The van der Waals surface area contributed by atoms with Crippen molar-refractivity contribution in [2.45, 2.75) is 45.8 Å². The van der Waals surface area contributed by atoms with Crippen molar-refractivity contribution in [3.05, 3.63) is 29.8 Å². The molecule has 0 saturated heterocycles. The Morgan fingerprint density at radius 2 is 1.66 bits per heavy atom. The Kier molecular flexibility index (Phi) is 8.62. The average molecular weight is 407 g/mol. The van der Waals surface area contributed by atoms with Crippen molar-refractivity contribution in [2.24, 2.45) is 4.99 Å². The molecule has 0 spiro atoms. The van der Waals surface area contributed by atoms with E-state index in [0.29, 0.717) is 5.56 Å². The van der Waals surface area contributed by atoms with Gasteiger partial charge in [-0.05, 0) is 58.9 Å². The van der Waals surface area contributed by atoms with Gasteiger partial charge in [-0.3, -0.25) is 0 Å². The molecule has 9 nitrogen and oxygen atoms in total. The molecule has 0 heterocycles. The van der Waals surface area contributed by atoms with Crippen LogP contribution >= 0.6 is 0 Å². The molecular weight excluding hydrogens is 378 g/mol. The number of anilines is 1. The maximum Gasteiger partial charge on any atom is 0.433 e. The maximum atomic E-state index is 11.9. The third kappa shape index (κ3) is 10.1. The van der Waals surface area contributed by atoms with Gasteiger partial charge in [0.25, 0.3) is 0 Å².